The van der Waals surface area contributed by atoms with E-state index in [1.165, 1.54) is 11.1 Å². The second-order valence-electron chi connectivity index (χ2n) is 6.79. The van der Waals surface area contributed by atoms with Crippen LogP contribution in [-0.4, -0.2) is 58.5 Å². The van der Waals surface area contributed by atoms with Gasteiger partial charge >= 0.3 is 6.03 Å². The molecule has 8 nitrogen and oxygen atoms in total. The number of piperidine rings is 1. The van der Waals surface area contributed by atoms with Gasteiger partial charge in [0.2, 0.25) is 0 Å². The van der Waals surface area contributed by atoms with Gasteiger partial charge in [-0.25, -0.2) is 9.69 Å². The fourth-order valence-electron chi connectivity index (χ4n) is 3.69. The predicted molar refractivity (Wildman–Crippen MR) is 96.2 cm³/mol. The molecule has 0 N–H and O–H groups in total. The van der Waals surface area contributed by atoms with Crippen LogP contribution in [0.2, 0.25) is 0 Å². The molecule has 140 valence electrons. The number of para-hydroxylation sites is 1. The van der Waals surface area contributed by atoms with E-state index in [4.69, 9.17) is 4.52 Å². The number of aryl methyl sites for hydroxylation is 1. The first-order chi connectivity index (χ1) is 13.1. The number of amides is 4. The van der Waals surface area contributed by atoms with Gasteiger partial charge in [0.05, 0.1) is 11.9 Å². The highest BCUT2D eigenvalue weighted by molar-refractivity contribution is 6.19. The molecule has 4 amide bonds. The van der Waals surface area contributed by atoms with Crippen molar-refractivity contribution in [3.05, 3.63) is 47.9 Å². The maximum absolute atomic E-state index is 12.8. The lowest BCUT2D eigenvalue weighted by Gasteiger charge is -2.36. The molecule has 27 heavy (non-hydrogen) atoms. The number of carbonyl (C=O) groups is 3. The first-order valence-electron chi connectivity index (χ1n) is 8.95. The number of carbonyl (C=O) groups excluding carboxylic acids is 3. The van der Waals surface area contributed by atoms with E-state index in [9.17, 15) is 14.4 Å². The molecule has 0 bridgehead atoms. The van der Waals surface area contributed by atoms with Crippen molar-refractivity contribution >= 4 is 23.5 Å². The highest BCUT2D eigenvalue weighted by atomic mass is 16.5. The molecular weight excluding hydrogens is 348 g/mol. The summed E-state index contributed by atoms with van der Waals surface area (Å²) in [5.74, 6) is 0.174. The number of hydrogen-bond donors (Lipinski definition) is 0. The molecule has 0 spiro atoms. The van der Waals surface area contributed by atoms with Crippen LogP contribution in [0.3, 0.4) is 0 Å². The molecule has 0 atom stereocenters. The van der Waals surface area contributed by atoms with Crippen LogP contribution in [0.4, 0.5) is 10.5 Å². The molecule has 1 aromatic heterocycles. The van der Waals surface area contributed by atoms with Gasteiger partial charge in [0.25, 0.3) is 11.8 Å². The van der Waals surface area contributed by atoms with E-state index in [2.05, 4.69) is 5.16 Å². The van der Waals surface area contributed by atoms with Crippen molar-refractivity contribution in [1.82, 2.24) is 15.0 Å². The summed E-state index contributed by atoms with van der Waals surface area (Å²) >= 11 is 0. The molecule has 0 unspecified atom stereocenters. The monoisotopic (exact) mass is 368 g/mol. The predicted octanol–water partition coefficient (Wildman–Crippen LogP) is 2.06. The van der Waals surface area contributed by atoms with Crippen molar-refractivity contribution in [3.63, 3.8) is 0 Å². The van der Waals surface area contributed by atoms with E-state index in [-0.39, 0.29) is 30.4 Å². The SMILES string of the molecule is Cc1oncc1C(=O)N1CCC(N2CC(=O)N(c3ccccc3)C2=O)CC1. The van der Waals surface area contributed by atoms with Gasteiger partial charge in [-0.05, 0) is 31.9 Å². The molecule has 4 rings (SSSR count). The van der Waals surface area contributed by atoms with Crippen molar-refractivity contribution in [1.29, 1.82) is 0 Å². The summed E-state index contributed by atoms with van der Waals surface area (Å²) < 4.78 is 4.97. The van der Waals surface area contributed by atoms with Gasteiger partial charge in [0, 0.05) is 19.1 Å². The van der Waals surface area contributed by atoms with Gasteiger partial charge in [0.15, 0.2) is 0 Å². The quantitative estimate of drug-likeness (QED) is 0.774. The van der Waals surface area contributed by atoms with Crippen LogP contribution in [0.15, 0.2) is 41.1 Å². The zero-order chi connectivity index (χ0) is 19.0. The van der Waals surface area contributed by atoms with E-state index < -0.39 is 0 Å². The minimum atomic E-state index is -0.286. The summed E-state index contributed by atoms with van der Waals surface area (Å²) in [6.07, 6.45) is 2.71. The fraction of sp³-hybridized carbons (Fsp3) is 0.368. The number of aromatic nitrogens is 1. The van der Waals surface area contributed by atoms with E-state index in [0.29, 0.717) is 42.9 Å². The van der Waals surface area contributed by atoms with Crippen LogP contribution in [0.25, 0.3) is 0 Å². The minimum absolute atomic E-state index is 0.0530. The zero-order valence-electron chi connectivity index (χ0n) is 15.0. The second-order valence-corrected chi connectivity index (χ2v) is 6.79. The average molecular weight is 368 g/mol. The Labute approximate surface area is 156 Å². The summed E-state index contributed by atoms with van der Waals surface area (Å²) in [6, 6.07) is 8.61. The second kappa shape index (κ2) is 6.86. The molecule has 2 aliphatic rings. The Kier molecular flexibility index (Phi) is 4.39. The summed E-state index contributed by atoms with van der Waals surface area (Å²) in [6.45, 7) is 2.84. The highest BCUT2D eigenvalue weighted by Gasteiger charge is 2.41. The molecule has 0 saturated carbocycles. The number of anilines is 1. The van der Waals surface area contributed by atoms with Crippen molar-refractivity contribution in [2.24, 2.45) is 0 Å². The number of urea groups is 1. The third kappa shape index (κ3) is 3.07. The van der Waals surface area contributed by atoms with E-state index in [1.807, 2.05) is 6.07 Å². The molecule has 2 aliphatic heterocycles. The summed E-state index contributed by atoms with van der Waals surface area (Å²) in [5, 5.41) is 3.65. The largest absolute Gasteiger partial charge is 0.361 e. The molecule has 2 aromatic rings. The molecule has 2 fully saturated rings. The minimum Gasteiger partial charge on any atom is -0.361 e. The van der Waals surface area contributed by atoms with Crippen molar-refractivity contribution < 1.29 is 18.9 Å². The number of nitrogens with zero attached hydrogens (tertiary/aromatic N) is 4. The third-order valence-corrected chi connectivity index (χ3v) is 5.18. The van der Waals surface area contributed by atoms with E-state index >= 15 is 0 Å². The van der Waals surface area contributed by atoms with Crippen molar-refractivity contribution in [2.75, 3.05) is 24.5 Å². The first-order valence-corrected chi connectivity index (χ1v) is 8.95. The Balaban J connectivity index is 1.41. The normalized spacial score (nSPS) is 18.5. The van der Waals surface area contributed by atoms with Gasteiger partial charge < -0.3 is 14.3 Å². The molecule has 0 aliphatic carbocycles. The lowest BCUT2D eigenvalue weighted by atomic mass is 10.0. The van der Waals surface area contributed by atoms with Crippen LogP contribution in [-0.2, 0) is 4.79 Å². The smallest absolute Gasteiger partial charge is 0.332 e. The summed E-state index contributed by atoms with van der Waals surface area (Å²) in [7, 11) is 0. The number of benzene rings is 1. The highest BCUT2D eigenvalue weighted by Crippen LogP contribution is 2.26. The van der Waals surface area contributed by atoms with Crippen molar-refractivity contribution in [3.8, 4) is 0 Å². The standard InChI is InChI=1S/C19H20N4O4/c1-13-16(11-20-27-13)18(25)21-9-7-14(8-10-21)22-12-17(24)23(19(22)26)15-5-3-2-4-6-15/h2-6,11,14H,7-10,12H2,1H3. The molecule has 0 radical (unpaired) electrons. The average Bonchev–Trinajstić information content (AvgIpc) is 3.24. The Morgan fingerprint density at radius 1 is 1.15 bits per heavy atom. The summed E-state index contributed by atoms with van der Waals surface area (Å²) in [4.78, 5) is 42.3. The Bertz CT molecular complexity index is 871. The number of likely N-dealkylation sites (tertiary alicyclic amines) is 1. The first kappa shape index (κ1) is 17.3. The van der Waals surface area contributed by atoms with Crippen LogP contribution in [0, 0.1) is 6.92 Å². The van der Waals surface area contributed by atoms with Gasteiger partial charge in [-0.1, -0.05) is 23.4 Å². The number of rotatable bonds is 3. The van der Waals surface area contributed by atoms with Crippen LogP contribution >= 0.6 is 0 Å². The molecular formula is C19H20N4O4. The maximum atomic E-state index is 12.8. The Morgan fingerprint density at radius 2 is 1.85 bits per heavy atom. The fourth-order valence-corrected chi connectivity index (χ4v) is 3.69. The summed E-state index contributed by atoms with van der Waals surface area (Å²) in [5.41, 5.74) is 1.06. The van der Waals surface area contributed by atoms with Gasteiger partial charge in [0.1, 0.15) is 17.9 Å². The topological polar surface area (TPSA) is 87.0 Å². The number of imide groups is 1. The molecule has 2 saturated heterocycles. The number of hydrogen-bond acceptors (Lipinski definition) is 5. The van der Waals surface area contributed by atoms with Gasteiger partial charge in [-0.3, -0.25) is 9.59 Å². The van der Waals surface area contributed by atoms with Crippen LogP contribution in [0.1, 0.15) is 29.0 Å². The third-order valence-electron chi connectivity index (χ3n) is 5.18. The molecule has 8 heteroatoms. The zero-order valence-corrected chi connectivity index (χ0v) is 15.0. The lowest BCUT2D eigenvalue weighted by molar-refractivity contribution is -0.116. The van der Waals surface area contributed by atoms with E-state index in [1.54, 1.807) is 41.0 Å². The Morgan fingerprint density at radius 3 is 2.48 bits per heavy atom. The van der Waals surface area contributed by atoms with Gasteiger partial charge in [-0.2, -0.15) is 0 Å². The molecule has 3 heterocycles. The Hall–Kier alpha value is -3.16. The lowest BCUT2D eigenvalue weighted by Crippen LogP contribution is -2.48. The van der Waals surface area contributed by atoms with E-state index in [0.717, 1.165) is 0 Å². The van der Waals surface area contributed by atoms with Crippen LogP contribution in [0.5, 0.6) is 0 Å². The van der Waals surface area contributed by atoms with Crippen LogP contribution < -0.4 is 4.90 Å². The van der Waals surface area contributed by atoms with Gasteiger partial charge in [-0.15, -0.1) is 0 Å². The maximum Gasteiger partial charge on any atom is 0.332 e. The van der Waals surface area contributed by atoms with Crippen molar-refractivity contribution in [2.45, 2.75) is 25.8 Å². The molecule has 1 aromatic carbocycles.